The molecule has 3 aromatic heterocycles. The summed E-state index contributed by atoms with van der Waals surface area (Å²) in [7, 11) is 0. The van der Waals surface area contributed by atoms with E-state index in [4.69, 9.17) is 9.40 Å². The maximum Gasteiger partial charge on any atom is 0.263 e. The van der Waals surface area contributed by atoms with Crippen LogP contribution in [-0.4, -0.2) is 20.7 Å². The zero-order valence-electron chi connectivity index (χ0n) is 16.0. The second-order valence-electron chi connectivity index (χ2n) is 6.95. The molecule has 0 aromatic carbocycles. The average Bonchev–Trinajstić information content (AvgIpc) is 3.39. The van der Waals surface area contributed by atoms with Gasteiger partial charge in [-0.2, -0.15) is 0 Å². The molecule has 0 bridgehead atoms. The van der Waals surface area contributed by atoms with E-state index in [1.165, 1.54) is 22.2 Å². The number of carbonyl (C=O) groups excluding carboxylic acids is 1. The van der Waals surface area contributed by atoms with E-state index in [9.17, 15) is 9.59 Å². The number of nitrogens with one attached hydrogen (secondary N) is 1. The van der Waals surface area contributed by atoms with Gasteiger partial charge in [-0.15, -0.1) is 11.3 Å². The number of furan rings is 1. The maximum atomic E-state index is 13.2. The van der Waals surface area contributed by atoms with Gasteiger partial charge in [-0.1, -0.05) is 18.7 Å². The highest BCUT2D eigenvalue weighted by Gasteiger charge is 2.25. The second-order valence-corrected chi connectivity index (χ2v) is 9.34. The fraction of sp³-hybridized carbons (Fsp3) is 0.450. The van der Waals surface area contributed by atoms with Crippen molar-refractivity contribution in [2.24, 2.45) is 0 Å². The molecule has 6 nitrogen and oxygen atoms in total. The van der Waals surface area contributed by atoms with Gasteiger partial charge >= 0.3 is 0 Å². The van der Waals surface area contributed by atoms with E-state index < -0.39 is 0 Å². The Balaban J connectivity index is 1.59. The highest BCUT2D eigenvalue weighted by Crippen LogP contribution is 2.36. The second kappa shape index (κ2) is 8.13. The van der Waals surface area contributed by atoms with Crippen LogP contribution >= 0.6 is 23.1 Å². The molecule has 4 rings (SSSR count). The molecule has 1 N–H and O–H groups in total. The van der Waals surface area contributed by atoms with Crippen LogP contribution in [0, 0.1) is 0 Å². The third-order valence-electron chi connectivity index (χ3n) is 4.91. The molecule has 3 heterocycles. The van der Waals surface area contributed by atoms with Gasteiger partial charge in [0.05, 0.1) is 23.4 Å². The molecule has 0 radical (unpaired) electrons. The summed E-state index contributed by atoms with van der Waals surface area (Å²) in [4.78, 5) is 32.6. The van der Waals surface area contributed by atoms with Crippen molar-refractivity contribution in [3.8, 4) is 0 Å². The number of thiophene rings is 1. The SMILES string of the molecule is CCCn1c(SC(C)C(=O)NCc2ccco2)nc2sc3c(c2c1=O)CCC3. The Bertz CT molecular complexity index is 1050. The minimum absolute atomic E-state index is 0.0388. The van der Waals surface area contributed by atoms with Crippen LogP contribution in [0.15, 0.2) is 32.8 Å². The van der Waals surface area contributed by atoms with Crippen LogP contribution in [0.4, 0.5) is 0 Å². The third-order valence-corrected chi connectivity index (χ3v) is 7.18. The van der Waals surface area contributed by atoms with Crippen LogP contribution in [0.5, 0.6) is 0 Å². The summed E-state index contributed by atoms with van der Waals surface area (Å²) in [5, 5.41) is 3.93. The normalized spacial score (nSPS) is 14.4. The predicted octanol–water partition coefficient (Wildman–Crippen LogP) is 3.75. The van der Waals surface area contributed by atoms with E-state index in [2.05, 4.69) is 5.32 Å². The van der Waals surface area contributed by atoms with Crippen LogP contribution in [-0.2, 0) is 30.7 Å². The lowest BCUT2D eigenvalue weighted by Gasteiger charge is -2.15. The van der Waals surface area contributed by atoms with Gasteiger partial charge in [-0.25, -0.2) is 4.98 Å². The first-order chi connectivity index (χ1) is 13.6. The van der Waals surface area contributed by atoms with Crippen molar-refractivity contribution >= 4 is 39.2 Å². The number of aromatic nitrogens is 2. The molecule has 1 aliphatic rings. The Labute approximate surface area is 171 Å². The first-order valence-corrected chi connectivity index (χ1v) is 11.3. The molecule has 0 saturated heterocycles. The lowest BCUT2D eigenvalue weighted by atomic mass is 10.2. The Morgan fingerprint density at radius 2 is 2.32 bits per heavy atom. The summed E-state index contributed by atoms with van der Waals surface area (Å²) < 4.78 is 6.99. The number of nitrogens with zero attached hydrogens (tertiary/aromatic N) is 2. The van der Waals surface area contributed by atoms with Crippen molar-refractivity contribution in [1.82, 2.24) is 14.9 Å². The fourth-order valence-corrected chi connectivity index (χ4v) is 5.77. The number of thioether (sulfide) groups is 1. The molecule has 0 aliphatic heterocycles. The molecule has 28 heavy (non-hydrogen) atoms. The van der Waals surface area contributed by atoms with E-state index in [0.29, 0.717) is 24.0 Å². The molecular formula is C20H23N3O3S2. The van der Waals surface area contributed by atoms with Crippen molar-refractivity contribution < 1.29 is 9.21 Å². The Kier molecular flexibility index (Phi) is 5.59. The number of carbonyl (C=O) groups is 1. The topological polar surface area (TPSA) is 77.1 Å². The quantitative estimate of drug-likeness (QED) is 0.468. The van der Waals surface area contributed by atoms with Crippen molar-refractivity contribution in [3.63, 3.8) is 0 Å². The lowest BCUT2D eigenvalue weighted by Crippen LogP contribution is -2.31. The van der Waals surface area contributed by atoms with E-state index in [0.717, 1.165) is 35.9 Å². The van der Waals surface area contributed by atoms with Crippen molar-refractivity contribution in [1.29, 1.82) is 0 Å². The number of amides is 1. The molecular weight excluding hydrogens is 394 g/mol. The van der Waals surface area contributed by atoms with Gasteiger partial charge in [0, 0.05) is 11.4 Å². The third kappa shape index (κ3) is 3.63. The monoisotopic (exact) mass is 417 g/mol. The molecule has 1 atom stereocenters. The predicted molar refractivity (Wildman–Crippen MR) is 112 cm³/mol. The largest absolute Gasteiger partial charge is 0.467 e. The summed E-state index contributed by atoms with van der Waals surface area (Å²) in [6.45, 7) is 4.84. The molecule has 148 valence electrons. The highest BCUT2D eigenvalue weighted by molar-refractivity contribution is 8.00. The molecule has 0 saturated carbocycles. The summed E-state index contributed by atoms with van der Waals surface area (Å²) >= 11 is 2.98. The van der Waals surface area contributed by atoms with Gasteiger partial charge in [-0.3, -0.25) is 14.2 Å². The Morgan fingerprint density at radius 3 is 3.07 bits per heavy atom. The van der Waals surface area contributed by atoms with Gasteiger partial charge in [0.25, 0.3) is 5.56 Å². The van der Waals surface area contributed by atoms with Crippen LogP contribution in [0.3, 0.4) is 0 Å². The van der Waals surface area contributed by atoms with E-state index in [1.54, 1.807) is 28.2 Å². The van der Waals surface area contributed by atoms with E-state index >= 15 is 0 Å². The van der Waals surface area contributed by atoms with Gasteiger partial charge < -0.3 is 9.73 Å². The molecule has 8 heteroatoms. The molecule has 1 aliphatic carbocycles. The number of rotatable bonds is 7. The number of hydrogen-bond acceptors (Lipinski definition) is 6. The van der Waals surface area contributed by atoms with Gasteiger partial charge in [0.1, 0.15) is 10.6 Å². The molecule has 1 unspecified atom stereocenters. The maximum absolute atomic E-state index is 13.2. The van der Waals surface area contributed by atoms with Crippen LogP contribution in [0.2, 0.25) is 0 Å². The van der Waals surface area contributed by atoms with Gasteiger partial charge in [0.15, 0.2) is 5.16 Å². The average molecular weight is 418 g/mol. The van der Waals surface area contributed by atoms with Gasteiger partial charge in [0.2, 0.25) is 5.91 Å². The van der Waals surface area contributed by atoms with Crippen molar-refractivity contribution in [2.75, 3.05) is 0 Å². The zero-order chi connectivity index (χ0) is 19.7. The van der Waals surface area contributed by atoms with Crippen LogP contribution < -0.4 is 10.9 Å². The molecule has 3 aromatic rings. The smallest absolute Gasteiger partial charge is 0.263 e. The zero-order valence-corrected chi connectivity index (χ0v) is 17.6. The van der Waals surface area contributed by atoms with Crippen molar-refractivity contribution in [3.05, 3.63) is 45.0 Å². The fourth-order valence-electron chi connectivity index (χ4n) is 3.51. The summed E-state index contributed by atoms with van der Waals surface area (Å²) in [6, 6.07) is 3.61. The van der Waals surface area contributed by atoms with E-state index in [-0.39, 0.29) is 16.7 Å². The summed E-state index contributed by atoms with van der Waals surface area (Å²) in [5.41, 5.74) is 1.24. The van der Waals surface area contributed by atoms with Gasteiger partial charge in [-0.05, 0) is 50.3 Å². The van der Waals surface area contributed by atoms with Crippen molar-refractivity contribution in [2.45, 2.75) is 63.0 Å². The minimum atomic E-state index is -0.366. The Morgan fingerprint density at radius 1 is 1.46 bits per heavy atom. The molecule has 1 amide bonds. The molecule has 0 fully saturated rings. The van der Waals surface area contributed by atoms with Crippen LogP contribution in [0.25, 0.3) is 10.2 Å². The number of aryl methyl sites for hydroxylation is 2. The summed E-state index contributed by atoms with van der Waals surface area (Å²) in [5.74, 6) is 0.605. The highest BCUT2D eigenvalue weighted by atomic mass is 32.2. The first-order valence-electron chi connectivity index (χ1n) is 9.60. The van der Waals surface area contributed by atoms with E-state index in [1.807, 2.05) is 19.9 Å². The lowest BCUT2D eigenvalue weighted by molar-refractivity contribution is -0.120. The minimum Gasteiger partial charge on any atom is -0.467 e. The number of hydrogen-bond donors (Lipinski definition) is 1. The first kappa shape index (κ1) is 19.3. The summed E-state index contributed by atoms with van der Waals surface area (Å²) in [6.07, 6.45) is 5.55. The Hall–Kier alpha value is -2.06. The number of fused-ring (bicyclic) bond motifs is 3. The van der Waals surface area contributed by atoms with Crippen LogP contribution in [0.1, 0.15) is 42.9 Å². The standard InChI is InChI=1S/C20H23N3O3S2/c1-3-9-23-19(25)16-14-7-4-8-15(14)28-18(16)22-20(23)27-12(2)17(24)21-11-13-6-5-10-26-13/h5-6,10,12H,3-4,7-9,11H2,1-2H3,(H,21,24). The molecule has 0 spiro atoms.